The van der Waals surface area contributed by atoms with Crippen molar-refractivity contribution < 1.29 is 42.1 Å². The minimum absolute atomic E-state index is 0.133. The summed E-state index contributed by atoms with van der Waals surface area (Å²) in [7, 11) is -0.869. The summed E-state index contributed by atoms with van der Waals surface area (Å²) in [4.78, 5) is 25.1. The number of benzene rings is 3. The maximum atomic E-state index is 13.9. The SMILES string of the molecule is COc1ccc(CC[C@@H](OC(=O)[C@@H]2CCCCN2S(=O)(=O)c2ccc(C(C)(C)C)cc2)c2cccc(OCC(=O)O)c2)cc1OC. The number of sulfonamides is 1. The van der Waals surface area contributed by atoms with Crippen LogP contribution in [-0.2, 0) is 36.2 Å². The van der Waals surface area contributed by atoms with Gasteiger partial charge in [-0.15, -0.1) is 0 Å². The van der Waals surface area contributed by atoms with Gasteiger partial charge >= 0.3 is 11.9 Å². The lowest BCUT2D eigenvalue weighted by molar-refractivity contribution is -0.155. The van der Waals surface area contributed by atoms with Gasteiger partial charge in [0.1, 0.15) is 17.9 Å². The molecule has 0 bridgehead atoms. The van der Waals surface area contributed by atoms with Crippen LogP contribution in [0, 0.1) is 0 Å². The molecule has 0 aromatic heterocycles. The molecule has 0 unspecified atom stereocenters. The Hall–Kier alpha value is -4.09. The molecule has 1 saturated heterocycles. The number of hydrogen-bond donors (Lipinski definition) is 1. The number of carbonyl (C=O) groups is 2. The third-order valence-electron chi connectivity index (χ3n) is 8.05. The molecule has 0 spiro atoms. The van der Waals surface area contributed by atoms with Crippen LogP contribution >= 0.6 is 0 Å². The van der Waals surface area contributed by atoms with Gasteiger partial charge in [0.05, 0.1) is 19.1 Å². The molecule has 46 heavy (non-hydrogen) atoms. The summed E-state index contributed by atoms with van der Waals surface area (Å²) in [5, 5.41) is 9.06. The zero-order valence-corrected chi connectivity index (χ0v) is 27.8. The number of nitrogens with zero attached hydrogens (tertiary/aromatic N) is 1. The van der Waals surface area contributed by atoms with Crippen molar-refractivity contribution in [3.8, 4) is 17.2 Å². The monoisotopic (exact) mass is 653 g/mol. The Kier molecular flexibility index (Phi) is 11.3. The van der Waals surface area contributed by atoms with Crippen LogP contribution in [0.25, 0.3) is 0 Å². The first-order chi connectivity index (χ1) is 21.8. The number of rotatable bonds is 13. The first-order valence-corrected chi connectivity index (χ1v) is 16.8. The lowest BCUT2D eigenvalue weighted by Gasteiger charge is -2.34. The van der Waals surface area contributed by atoms with E-state index in [0.717, 1.165) is 11.1 Å². The third-order valence-corrected chi connectivity index (χ3v) is 9.97. The zero-order chi connectivity index (χ0) is 33.5. The predicted molar refractivity (Wildman–Crippen MR) is 173 cm³/mol. The van der Waals surface area contributed by atoms with Gasteiger partial charge in [-0.25, -0.2) is 13.2 Å². The summed E-state index contributed by atoms with van der Waals surface area (Å²) in [6, 6.07) is 18.1. The summed E-state index contributed by atoms with van der Waals surface area (Å²) in [5.41, 5.74) is 2.38. The van der Waals surface area contributed by atoms with E-state index in [4.69, 9.17) is 24.1 Å². The smallest absolute Gasteiger partial charge is 0.341 e. The molecular weight excluding hydrogens is 610 g/mol. The number of hydrogen-bond acceptors (Lipinski definition) is 8. The maximum absolute atomic E-state index is 13.9. The molecule has 10 nitrogen and oxygen atoms in total. The Morgan fingerprint density at radius 2 is 1.67 bits per heavy atom. The average Bonchev–Trinajstić information content (AvgIpc) is 3.05. The lowest BCUT2D eigenvalue weighted by Crippen LogP contribution is -2.48. The Labute approximate surface area is 271 Å². The molecule has 1 N–H and O–H groups in total. The maximum Gasteiger partial charge on any atom is 0.341 e. The number of methoxy groups -OCH3 is 2. The second-order valence-electron chi connectivity index (χ2n) is 12.3. The van der Waals surface area contributed by atoms with Crippen LogP contribution in [-0.4, -0.2) is 63.2 Å². The molecule has 1 aliphatic heterocycles. The number of aliphatic carboxylic acids is 1. The first-order valence-electron chi connectivity index (χ1n) is 15.3. The number of piperidine rings is 1. The second-order valence-corrected chi connectivity index (χ2v) is 14.2. The molecule has 0 radical (unpaired) electrons. The number of carbonyl (C=O) groups excluding carboxylic acids is 1. The van der Waals surface area contributed by atoms with Gasteiger partial charge in [0.15, 0.2) is 18.1 Å². The highest BCUT2D eigenvalue weighted by Crippen LogP contribution is 2.33. The minimum atomic E-state index is -3.98. The molecule has 248 valence electrons. The Morgan fingerprint density at radius 1 is 0.957 bits per heavy atom. The number of esters is 1. The largest absolute Gasteiger partial charge is 0.493 e. The number of aryl methyl sites for hydroxylation is 1. The molecule has 3 aromatic carbocycles. The van der Waals surface area contributed by atoms with Gasteiger partial charge in [0, 0.05) is 6.54 Å². The molecule has 1 heterocycles. The Balaban J connectivity index is 1.60. The summed E-state index contributed by atoms with van der Waals surface area (Å²) in [6.45, 7) is 5.86. The number of carboxylic acids is 1. The highest BCUT2D eigenvalue weighted by Gasteiger charge is 2.39. The summed E-state index contributed by atoms with van der Waals surface area (Å²) >= 11 is 0. The van der Waals surface area contributed by atoms with Crippen molar-refractivity contribution in [2.45, 2.75) is 75.3 Å². The fourth-order valence-corrected chi connectivity index (χ4v) is 7.13. The van der Waals surface area contributed by atoms with Crippen LogP contribution in [0.3, 0.4) is 0 Å². The Morgan fingerprint density at radius 3 is 2.33 bits per heavy atom. The normalized spacial score (nSPS) is 16.3. The van der Waals surface area contributed by atoms with Crippen LogP contribution in [0.2, 0.25) is 0 Å². The van der Waals surface area contributed by atoms with Crippen LogP contribution < -0.4 is 14.2 Å². The molecule has 11 heteroatoms. The lowest BCUT2D eigenvalue weighted by atomic mass is 9.87. The molecule has 4 rings (SSSR count). The third kappa shape index (κ3) is 8.58. The van der Waals surface area contributed by atoms with Crippen molar-refractivity contribution in [2.24, 2.45) is 0 Å². The van der Waals surface area contributed by atoms with E-state index in [1.165, 1.54) is 4.31 Å². The molecule has 0 amide bonds. The molecule has 2 atom stereocenters. The van der Waals surface area contributed by atoms with E-state index >= 15 is 0 Å². The van der Waals surface area contributed by atoms with Crippen LogP contribution in [0.15, 0.2) is 71.6 Å². The molecule has 3 aromatic rings. The molecular formula is C35H43NO9S. The van der Waals surface area contributed by atoms with Crippen molar-refractivity contribution >= 4 is 22.0 Å². The Bertz CT molecular complexity index is 1610. The summed E-state index contributed by atoms with van der Waals surface area (Å²) < 4.78 is 51.3. The van der Waals surface area contributed by atoms with E-state index in [1.807, 2.05) is 24.3 Å². The first kappa shape index (κ1) is 34.8. The van der Waals surface area contributed by atoms with E-state index < -0.39 is 40.7 Å². The summed E-state index contributed by atoms with van der Waals surface area (Å²) in [5.74, 6) is -0.287. The van der Waals surface area contributed by atoms with Crippen molar-refractivity contribution in [1.82, 2.24) is 4.31 Å². The van der Waals surface area contributed by atoms with Gasteiger partial charge in [0.25, 0.3) is 0 Å². The van der Waals surface area contributed by atoms with E-state index in [9.17, 15) is 18.0 Å². The van der Waals surface area contributed by atoms with Gasteiger partial charge in [-0.3, -0.25) is 4.79 Å². The van der Waals surface area contributed by atoms with Crippen LogP contribution in [0.1, 0.15) is 69.2 Å². The van der Waals surface area contributed by atoms with Gasteiger partial charge in [0.2, 0.25) is 10.0 Å². The second kappa shape index (κ2) is 15.0. The van der Waals surface area contributed by atoms with Gasteiger partial charge in [-0.05, 0) is 90.6 Å². The van der Waals surface area contributed by atoms with Crippen molar-refractivity contribution in [1.29, 1.82) is 0 Å². The number of carboxylic acid groups (broad SMARTS) is 1. The fourth-order valence-electron chi connectivity index (χ4n) is 5.49. The average molecular weight is 654 g/mol. The predicted octanol–water partition coefficient (Wildman–Crippen LogP) is 5.93. The van der Waals surface area contributed by atoms with E-state index in [2.05, 4.69) is 20.8 Å². The van der Waals surface area contributed by atoms with E-state index in [-0.39, 0.29) is 16.9 Å². The van der Waals surface area contributed by atoms with Crippen LogP contribution in [0.5, 0.6) is 17.2 Å². The van der Waals surface area contributed by atoms with E-state index in [0.29, 0.717) is 54.9 Å². The van der Waals surface area contributed by atoms with Gasteiger partial charge in [-0.2, -0.15) is 4.31 Å². The number of ether oxygens (including phenoxy) is 4. The van der Waals surface area contributed by atoms with E-state index in [1.54, 1.807) is 56.7 Å². The molecule has 1 aliphatic rings. The quantitative estimate of drug-likeness (QED) is 0.223. The van der Waals surface area contributed by atoms with Crippen LogP contribution in [0.4, 0.5) is 0 Å². The topological polar surface area (TPSA) is 129 Å². The van der Waals surface area contributed by atoms with Crippen molar-refractivity contribution in [3.05, 3.63) is 83.4 Å². The standard InChI is InChI=1S/C35H43NO9S/c1-35(2,3)26-14-16-28(17-15-26)46(40,41)36-20-7-6-11-29(36)34(39)45-30(25-9-8-10-27(22-25)44-23-33(37)38)18-12-24-13-19-31(42-4)32(21-24)43-5/h8-10,13-17,19,21-22,29-30H,6-7,11-12,18,20,23H2,1-5H3,(H,37,38)/t29-,30+/m0/s1. The highest BCUT2D eigenvalue weighted by molar-refractivity contribution is 7.89. The van der Waals surface area contributed by atoms with Gasteiger partial charge in [-0.1, -0.05) is 51.1 Å². The minimum Gasteiger partial charge on any atom is -0.493 e. The molecule has 0 saturated carbocycles. The van der Waals surface area contributed by atoms with Gasteiger partial charge < -0.3 is 24.1 Å². The fraction of sp³-hybridized carbons (Fsp3) is 0.429. The molecule has 0 aliphatic carbocycles. The summed E-state index contributed by atoms with van der Waals surface area (Å²) in [6.07, 6.45) is 1.73. The van der Waals surface area contributed by atoms with Crippen molar-refractivity contribution in [3.63, 3.8) is 0 Å². The molecule has 1 fully saturated rings. The highest BCUT2D eigenvalue weighted by atomic mass is 32.2. The van der Waals surface area contributed by atoms with Crippen molar-refractivity contribution in [2.75, 3.05) is 27.4 Å². The zero-order valence-electron chi connectivity index (χ0n) is 27.0.